The topological polar surface area (TPSA) is 224 Å². The van der Waals surface area contributed by atoms with Crippen LogP contribution in [0.5, 0.6) is 11.5 Å². The first-order valence-corrected chi connectivity index (χ1v) is 30.5. The molecule has 2 heterocycles. The van der Waals surface area contributed by atoms with Gasteiger partial charge in [-0.15, -0.1) is 0 Å². The Morgan fingerprint density at radius 3 is 1.41 bits per heavy atom. The second-order valence-corrected chi connectivity index (χ2v) is 25.8. The highest BCUT2D eigenvalue weighted by molar-refractivity contribution is 7.87. The number of halogens is 7. The van der Waals surface area contributed by atoms with E-state index in [1.54, 1.807) is 69.0 Å². The molecule has 4 N–H and O–H groups in total. The number of carbonyl (C=O) groups is 4. The summed E-state index contributed by atoms with van der Waals surface area (Å²) in [5.41, 5.74) is -3.59. The molecule has 4 aliphatic rings. The third-order valence-corrected chi connectivity index (χ3v) is 16.6. The lowest BCUT2D eigenvalue weighted by molar-refractivity contribution is -0.130. The summed E-state index contributed by atoms with van der Waals surface area (Å²) < 4.78 is 79.2. The maximum Gasteiger partial charge on any atom is 0.534 e. The number of phenols is 2. The van der Waals surface area contributed by atoms with Gasteiger partial charge in [-0.2, -0.15) is 21.6 Å². The van der Waals surface area contributed by atoms with E-state index in [1.165, 1.54) is 34.1 Å². The van der Waals surface area contributed by atoms with Crippen LogP contribution in [0.1, 0.15) is 123 Å². The highest BCUT2D eigenvalue weighted by Crippen LogP contribution is 2.41. The molecule has 0 aromatic heterocycles. The predicted molar refractivity (Wildman–Crippen MR) is 319 cm³/mol. The molecule has 17 nitrogen and oxygen atoms in total. The summed E-state index contributed by atoms with van der Waals surface area (Å²) in [6, 6.07) is 21.2. The van der Waals surface area contributed by atoms with Crippen molar-refractivity contribution in [2.24, 2.45) is 0 Å². The summed E-state index contributed by atoms with van der Waals surface area (Å²) >= 11 is 25.2. The zero-order valence-electron chi connectivity index (χ0n) is 48.3. The number of benzene rings is 4. The molecular weight excluding hydrogens is 1210 g/mol. The van der Waals surface area contributed by atoms with Gasteiger partial charge in [0.1, 0.15) is 28.5 Å². The van der Waals surface area contributed by atoms with Gasteiger partial charge >= 0.3 is 34.9 Å². The van der Waals surface area contributed by atoms with Crippen molar-refractivity contribution in [3.8, 4) is 11.5 Å². The van der Waals surface area contributed by atoms with E-state index in [4.69, 9.17) is 71.0 Å². The minimum Gasteiger partial charge on any atom is -0.508 e. The monoisotopic (exact) mass is 1280 g/mol. The summed E-state index contributed by atoms with van der Waals surface area (Å²) in [6.45, 7) is 14.6. The number of ether oxygens (including phenoxy) is 2. The molecule has 0 unspecified atom stereocenters. The van der Waals surface area contributed by atoms with Crippen LogP contribution in [0.25, 0.3) is 5.57 Å². The molecule has 4 amide bonds. The van der Waals surface area contributed by atoms with Crippen LogP contribution in [0.4, 0.5) is 22.8 Å². The quantitative estimate of drug-likeness (QED) is 0.0524. The summed E-state index contributed by atoms with van der Waals surface area (Å²) in [4.78, 5) is 60.8. The van der Waals surface area contributed by atoms with Crippen LogP contribution in [0, 0.1) is 0 Å². The van der Waals surface area contributed by atoms with Gasteiger partial charge in [0.2, 0.25) is 0 Å². The molecule has 2 fully saturated rings. The zero-order valence-corrected chi connectivity index (χ0v) is 52.1. The second-order valence-electron chi connectivity index (χ2n) is 22.7. The van der Waals surface area contributed by atoms with E-state index in [9.17, 15) is 45.9 Å². The standard InChI is InChI=1S/C29H34Cl2N2O4.C24H29Cl2F3N2O6S.C6H7BO3/c1-5-24-25(27(35)33(20-11-12-20)17-19-7-6-8-23(30)26(19)31)22(18-9-13-21(34)14-10-18)15-16-32(24)28(36)37-29(2,3)4;1-5-17-19(21(32)31(15-9-10-15)13-14-7-6-8-16(25)20(14)26)18(37-38(34,35)24(27,28)29)11-12-30(17)22(33)36-23(2,3)4;8-6-3-1-5(2-4-6)7(9)10/h6-10,13-14,20,24,34H,5,11-12,15-17H2,1-4H3;6-8,15,17H,5,9-13H2,1-4H3;1-4,8-10H/t24-;17-;/m11./s1. The minimum atomic E-state index is -6.07. The number of alkyl halides is 3. The SMILES string of the molecule is CC[C@@H]1C(C(=O)N(Cc2cccc(Cl)c2Cl)C2CC2)=C(OS(=O)(=O)C(F)(F)F)CCN1C(=O)OC(C)(C)C.CC[C@@H]1C(C(=O)N(Cc2cccc(Cl)c2Cl)C2CC2)=C(c2ccc(O)cc2)CCN1C(=O)OC(C)(C)C.OB(O)c1ccc(O)cc1. The van der Waals surface area contributed by atoms with Crippen molar-refractivity contribution < 1.29 is 74.7 Å². The van der Waals surface area contributed by atoms with Crippen LogP contribution in [0.3, 0.4) is 0 Å². The molecule has 2 saturated carbocycles. The second kappa shape index (κ2) is 28.3. The average Bonchev–Trinajstić information content (AvgIpc) is 2.40. The van der Waals surface area contributed by atoms with E-state index in [0.29, 0.717) is 65.4 Å². The molecule has 2 aliphatic carbocycles. The van der Waals surface area contributed by atoms with E-state index >= 15 is 0 Å². The maximum atomic E-state index is 14.4. The van der Waals surface area contributed by atoms with E-state index < -0.39 is 76.3 Å². The molecule has 2 aliphatic heterocycles. The van der Waals surface area contributed by atoms with Gasteiger partial charge in [-0.1, -0.05) is 109 Å². The van der Waals surface area contributed by atoms with E-state index in [2.05, 4.69) is 4.18 Å². The third-order valence-electron chi connectivity index (χ3n) is 13.9. The van der Waals surface area contributed by atoms with Crippen LogP contribution in [-0.2, 0) is 46.5 Å². The normalized spacial score (nSPS) is 17.4. The number of hydrogen-bond acceptors (Lipinski definition) is 13. The van der Waals surface area contributed by atoms with Crippen molar-refractivity contribution in [3.63, 3.8) is 0 Å². The van der Waals surface area contributed by atoms with Crippen LogP contribution in [0.15, 0.2) is 102 Å². The molecule has 462 valence electrons. The summed E-state index contributed by atoms with van der Waals surface area (Å²) in [6.07, 6.45) is 2.56. The molecule has 8 rings (SSSR count). The van der Waals surface area contributed by atoms with Gasteiger partial charge in [0, 0.05) is 50.3 Å². The maximum absolute atomic E-state index is 14.4. The first-order chi connectivity index (χ1) is 39.7. The molecule has 0 radical (unpaired) electrons. The largest absolute Gasteiger partial charge is 0.534 e. The number of amides is 4. The van der Waals surface area contributed by atoms with Gasteiger partial charge in [0.15, 0.2) is 0 Å². The van der Waals surface area contributed by atoms with E-state index in [1.807, 2.05) is 56.9 Å². The van der Waals surface area contributed by atoms with Crippen LogP contribution in [-0.4, -0.2) is 133 Å². The summed E-state index contributed by atoms with van der Waals surface area (Å²) in [7, 11) is -7.52. The fraction of sp³-hybridized carbons (Fsp3) is 0.458. The number of rotatable bonds is 14. The van der Waals surface area contributed by atoms with Gasteiger partial charge in [-0.05, 0) is 151 Å². The molecule has 4 aromatic carbocycles. The van der Waals surface area contributed by atoms with Gasteiger partial charge in [0.05, 0.1) is 37.7 Å². The Hall–Kier alpha value is -5.88. The molecule has 0 spiro atoms. The lowest BCUT2D eigenvalue weighted by Crippen LogP contribution is -2.51. The smallest absolute Gasteiger partial charge is 0.508 e. The average molecular weight is 1280 g/mol. The molecule has 0 bridgehead atoms. The van der Waals surface area contributed by atoms with E-state index in [-0.39, 0.29) is 64.6 Å². The van der Waals surface area contributed by atoms with Crippen molar-refractivity contribution in [1.82, 2.24) is 19.6 Å². The van der Waals surface area contributed by atoms with Crippen molar-refractivity contribution in [2.45, 2.75) is 161 Å². The Balaban J connectivity index is 0.000000234. The lowest BCUT2D eigenvalue weighted by Gasteiger charge is -2.40. The molecular formula is C59H70BCl4F3N4O13S. The Kier molecular flexibility index (Phi) is 22.7. The zero-order chi connectivity index (χ0) is 63.1. The van der Waals surface area contributed by atoms with Crippen LogP contribution < -0.4 is 5.46 Å². The third kappa shape index (κ3) is 18.1. The van der Waals surface area contributed by atoms with Crippen molar-refractivity contribution in [1.29, 1.82) is 0 Å². The summed E-state index contributed by atoms with van der Waals surface area (Å²) in [5.74, 6) is -1.24. The molecule has 85 heavy (non-hydrogen) atoms. The van der Waals surface area contributed by atoms with Gasteiger partial charge in [-0.25, -0.2) is 9.59 Å². The Morgan fingerprint density at radius 2 is 1.02 bits per heavy atom. The fourth-order valence-corrected chi connectivity index (χ4v) is 10.9. The molecule has 2 atom stereocenters. The number of nitrogens with zero attached hydrogens (tertiary/aromatic N) is 4. The first kappa shape index (κ1) is 68.2. The Bertz CT molecular complexity index is 3240. The number of carbonyl (C=O) groups excluding carboxylic acids is 4. The molecule has 26 heteroatoms. The fourth-order valence-electron chi connectivity index (χ4n) is 9.59. The van der Waals surface area contributed by atoms with Crippen LogP contribution >= 0.6 is 46.4 Å². The summed E-state index contributed by atoms with van der Waals surface area (Å²) in [5, 5.41) is 37.2. The minimum absolute atomic E-state index is 0.0332. The highest BCUT2D eigenvalue weighted by atomic mass is 35.5. The Morgan fingerprint density at radius 1 is 0.624 bits per heavy atom. The first-order valence-electron chi connectivity index (χ1n) is 27.5. The number of hydrogen-bond donors (Lipinski definition) is 4. The highest BCUT2D eigenvalue weighted by Gasteiger charge is 2.51. The van der Waals surface area contributed by atoms with Crippen molar-refractivity contribution in [3.05, 3.63) is 139 Å². The van der Waals surface area contributed by atoms with Crippen LogP contribution in [0.2, 0.25) is 20.1 Å². The lowest BCUT2D eigenvalue weighted by atomic mass is 9.80. The predicted octanol–water partition coefficient (Wildman–Crippen LogP) is 12.2. The van der Waals surface area contributed by atoms with Gasteiger partial charge < -0.3 is 53.5 Å². The number of aromatic hydroxyl groups is 2. The van der Waals surface area contributed by atoms with Gasteiger partial charge in [0.25, 0.3) is 11.8 Å². The van der Waals surface area contributed by atoms with Crippen molar-refractivity contribution >= 4 is 98.7 Å². The van der Waals surface area contributed by atoms with Crippen molar-refractivity contribution in [2.75, 3.05) is 13.1 Å². The number of phenolic OH excluding ortho intramolecular Hbond substituents is 2. The Labute approximate surface area is 514 Å². The molecule has 4 aromatic rings. The van der Waals surface area contributed by atoms with E-state index in [0.717, 1.165) is 29.5 Å². The van der Waals surface area contributed by atoms with Gasteiger partial charge in [-0.3, -0.25) is 9.59 Å². The molecule has 0 saturated heterocycles.